The Hall–Kier alpha value is -0.910. The van der Waals surface area contributed by atoms with Crippen molar-refractivity contribution in [3.05, 3.63) is 17.4 Å². The van der Waals surface area contributed by atoms with E-state index in [1.54, 1.807) is 12.4 Å². The Kier molecular flexibility index (Phi) is 4.53. The Labute approximate surface area is 106 Å². The maximum atomic E-state index is 5.79. The zero-order chi connectivity index (χ0) is 12.1. The molecule has 1 aliphatic rings. The highest BCUT2D eigenvalue weighted by Gasteiger charge is 2.24. The van der Waals surface area contributed by atoms with Crippen LogP contribution in [-0.2, 0) is 4.74 Å². The number of ether oxygens (including phenoxy) is 1. The molecule has 1 aromatic rings. The SMILES string of the molecule is CCNCC1COCCN1c1ncc(Cl)cn1. The second kappa shape index (κ2) is 6.14. The minimum absolute atomic E-state index is 0.282. The zero-order valence-corrected chi connectivity index (χ0v) is 10.7. The van der Waals surface area contributed by atoms with E-state index < -0.39 is 0 Å². The molecule has 5 nitrogen and oxygen atoms in total. The maximum absolute atomic E-state index is 5.79. The van der Waals surface area contributed by atoms with Gasteiger partial charge in [0.25, 0.3) is 0 Å². The molecule has 0 amide bonds. The number of morpholine rings is 1. The van der Waals surface area contributed by atoms with E-state index in [1.807, 2.05) is 0 Å². The summed E-state index contributed by atoms with van der Waals surface area (Å²) in [5.74, 6) is 0.723. The quantitative estimate of drug-likeness (QED) is 0.869. The lowest BCUT2D eigenvalue weighted by molar-refractivity contribution is 0.0930. The summed E-state index contributed by atoms with van der Waals surface area (Å²) in [6.07, 6.45) is 3.26. The van der Waals surface area contributed by atoms with Gasteiger partial charge in [-0.25, -0.2) is 9.97 Å². The van der Waals surface area contributed by atoms with E-state index in [-0.39, 0.29) is 6.04 Å². The summed E-state index contributed by atoms with van der Waals surface area (Å²) in [7, 11) is 0. The molecule has 0 saturated carbocycles. The summed E-state index contributed by atoms with van der Waals surface area (Å²) in [4.78, 5) is 10.7. The lowest BCUT2D eigenvalue weighted by Gasteiger charge is -2.35. The molecule has 0 bridgehead atoms. The zero-order valence-electron chi connectivity index (χ0n) is 9.90. The topological polar surface area (TPSA) is 50.3 Å². The highest BCUT2D eigenvalue weighted by atomic mass is 35.5. The van der Waals surface area contributed by atoms with Crippen molar-refractivity contribution in [2.45, 2.75) is 13.0 Å². The van der Waals surface area contributed by atoms with Gasteiger partial charge in [-0.2, -0.15) is 0 Å². The third-order valence-corrected chi connectivity index (χ3v) is 2.92. The highest BCUT2D eigenvalue weighted by Crippen LogP contribution is 2.15. The van der Waals surface area contributed by atoms with Gasteiger partial charge in [0.2, 0.25) is 5.95 Å². The molecule has 17 heavy (non-hydrogen) atoms. The third kappa shape index (κ3) is 3.28. The molecule has 1 aliphatic heterocycles. The Bertz CT molecular complexity index is 346. The van der Waals surface area contributed by atoms with Crippen molar-refractivity contribution in [1.29, 1.82) is 0 Å². The molecule has 2 heterocycles. The molecule has 1 aromatic heterocycles. The maximum Gasteiger partial charge on any atom is 0.225 e. The van der Waals surface area contributed by atoms with Gasteiger partial charge in [0, 0.05) is 13.1 Å². The van der Waals surface area contributed by atoms with Crippen LogP contribution in [0.4, 0.5) is 5.95 Å². The fourth-order valence-electron chi connectivity index (χ4n) is 1.85. The second-order valence-electron chi connectivity index (χ2n) is 3.93. The first-order chi connectivity index (χ1) is 8.31. The number of nitrogens with one attached hydrogen (secondary N) is 1. The van der Waals surface area contributed by atoms with Crippen molar-refractivity contribution in [1.82, 2.24) is 15.3 Å². The molecular weight excluding hydrogens is 240 g/mol. The molecule has 0 aromatic carbocycles. The van der Waals surface area contributed by atoms with Crippen molar-refractivity contribution in [2.24, 2.45) is 0 Å². The predicted octanol–water partition coefficient (Wildman–Crippen LogP) is 0.945. The number of anilines is 1. The minimum Gasteiger partial charge on any atom is -0.377 e. The Balaban J connectivity index is 2.07. The van der Waals surface area contributed by atoms with Crippen LogP contribution in [0.15, 0.2) is 12.4 Å². The van der Waals surface area contributed by atoms with Gasteiger partial charge in [0.15, 0.2) is 0 Å². The monoisotopic (exact) mass is 256 g/mol. The number of rotatable bonds is 4. The number of halogens is 1. The van der Waals surface area contributed by atoms with Crippen LogP contribution in [0.5, 0.6) is 0 Å². The first-order valence-corrected chi connectivity index (χ1v) is 6.21. The van der Waals surface area contributed by atoms with E-state index in [0.29, 0.717) is 18.2 Å². The largest absolute Gasteiger partial charge is 0.377 e. The number of hydrogen-bond acceptors (Lipinski definition) is 5. The number of nitrogens with zero attached hydrogens (tertiary/aromatic N) is 3. The first kappa shape index (κ1) is 12.5. The standard InChI is InChI=1S/C11H17ClN4O/c1-2-13-7-10-8-17-4-3-16(10)11-14-5-9(12)6-15-11/h5-6,10,13H,2-4,7-8H2,1H3. The van der Waals surface area contributed by atoms with Crippen LogP contribution < -0.4 is 10.2 Å². The highest BCUT2D eigenvalue weighted by molar-refractivity contribution is 6.30. The number of hydrogen-bond donors (Lipinski definition) is 1. The van der Waals surface area contributed by atoms with E-state index in [1.165, 1.54) is 0 Å². The normalized spacial score (nSPS) is 20.6. The van der Waals surface area contributed by atoms with E-state index in [4.69, 9.17) is 16.3 Å². The van der Waals surface area contributed by atoms with E-state index in [2.05, 4.69) is 27.1 Å². The fraction of sp³-hybridized carbons (Fsp3) is 0.636. The predicted molar refractivity (Wildman–Crippen MR) is 67.5 cm³/mol. The van der Waals surface area contributed by atoms with Crippen molar-refractivity contribution in [2.75, 3.05) is 37.7 Å². The van der Waals surface area contributed by atoms with Gasteiger partial charge in [-0.1, -0.05) is 18.5 Å². The van der Waals surface area contributed by atoms with Crippen LogP contribution >= 0.6 is 11.6 Å². The van der Waals surface area contributed by atoms with E-state index in [0.717, 1.165) is 25.6 Å². The molecule has 94 valence electrons. The summed E-state index contributed by atoms with van der Waals surface area (Å²) in [6.45, 7) is 6.16. The van der Waals surface area contributed by atoms with Gasteiger partial charge >= 0.3 is 0 Å². The number of likely N-dealkylation sites (N-methyl/N-ethyl adjacent to an activating group) is 1. The molecule has 0 radical (unpaired) electrons. The smallest absolute Gasteiger partial charge is 0.225 e. The Morgan fingerprint density at radius 1 is 1.53 bits per heavy atom. The van der Waals surface area contributed by atoms with Crippen molar-refractivity contribution >= 4 is 17.5 Å². The molecule has 1 unspecified atom stereocenters. The van der Waals surface area contributed by atoms with Crippen LogP contribution in [-0.4, -0.2) is 48.9 Å². The molecule has 0 spiro atoms. The average Bonchev–Trinajstić information content (AvgIpc) is 2.38. The van der Waals surface area contributed by atoms with Crippen molar-refractivity contribution < 1.29 is 4.74 Å². The van der Waals surface area contributed by atoms with Crippen molar-refractivity contribution in [3.8, 4) is 0 Å². The molecule has 1 atom stereocenters. The van der Waals surface area contributed by atoms with Crippen LogP contribution in [0.25, 0.3) is 0 Å². The van der Waals surface area contributed by atoms with E-state index in [9.17, 15) is 0 Å². The molecule has 0 aliphatic carbocycles. The molecule has 1 saturated heterocycles. The summed E-state index contributed by atoms with van der Waals surface area (Å²) >= 11 is 5.79. The second-order valence-corrected chi connectivity index (χ2v) is 4.37. The van der Waals surface area contributed by atoms with E-state index >= 15 is 0 Å². The van der Waals surface area contributed by atoms with Crippen LogP contribution in [0.2, 0.25) is 5.02 Å². The molecule has 6 heteroatoms. The lowest BCUT2D eigenvalue weighted by atomic mass is 10.2. The molecule has 1 fully saturated rings. The lowest BCUT2D eigenvalue weighted by Crippen LogP contribution is -2.51. The van der Waals surface area contributed by atoms with Crippen LogP contribution in [0, 0.1) is 0 Å². The van der Waals surface area contributed by atoms with Gasteiger partial charge < -0.3 is 15.0 Å². The Morgan fingerprint density at radius 2 is 2.29 bits per heavy atom. The molecule has 1 N–H and O–H groups in total. The van der Waals surface area contributed by atoms with Crippen LogP contribution in [0.3, 0.4) is 0 Å². The van der Waals surface area contributed by atoms with Gasteiger partial charge in [-0.05, 0) is 6.54 Å². The first-order valence-electron chi connectivity index (χ1n) is 5.84. The average molecular weight is 257 g/mol. The molecule has 2 rings (SSSR count). The van der Waals surface area contributed by atoms with Gasteiger partial charge in [0.05, 0.1) is 36.7 Å². The van der Waals surface area contributed by atoms with Crippen molar-refractivity contribution in [3.63, 3.8) is 0 Å². The third-order valence-electron chi connectivity index (χ3n) is 2.72. The minimum atomic E-state index is 0.282. The van der Waals surface area contributed by atoms with Gasteiger partial charge in [-0.3, -0.25) is 0 Å². The van der Waals surface area contributed by atoms with Gasteiger partial charge in [-0.15, -0.1) is 0 Å². The summed E-state index contributed by atoms with van der Waals surface area (Å²) in [5, 5.41) is 3.89. The van der Waals surface area contributed by atoms with Crippen LogP contribution in [0.1, 0.15) is 6.92 Å². The summed E-state index contributed by atoms with van der Waals surface area (Å²) in [6, 6.07) is 0.282. The number of aromatic nitrogens is 2. The molecular formula is C11H17ClN4O. The summed E-state index contributed by atoms with van der Waals surface area (Å²) in [5.41, 5.74) is 0. The Morgan fingerprint density at radius 3 is 3.00 bits per heavy atom. The van der Waals surface area contributed by atoms with Gasteiger partial charge in [0.1, 0.15) is 0 Å². The summed E-state index contributed by atoms with van der Waals surface area (Å²) < 4.78 is 5.49. The fourth-order valence-corrected chi connectivity index (χ4v) is 1.95.